The van der Waals surface area contributed by atoms with Gasteiger partial charge in [-0.1, -0.05) is 36.4 Å². The average molecular weight is 477 g/mol. The molecule has 2 N–H and O–H groups in total. The molecule has 35 heavy (non-hydrogen) atoms. The Labute approximate surface area is 208 Å². The number of amides is 2. The number of hydroxylamine groups is 1. The van der Waals surface area contributed by atoms with Crippen LogP contribution in [0.1, 0.15) is 53.7 Å². The van der Waals surface area contributed by atoms with Gasteiger partial charge in [-0.05, 0) is 74.7 Å². The zero-order valence-corrected chi connectivity index (χ0v) is 20.7. The number of nitrogens with one attached hydrogen (secondary N) is 1. The van der Waals surface area contributed by atoms with Crippen LogP contribution < -0.4 is 5.48 Å². The lowest BCUT2D eigenvalue weighted by Crippen LogP contribution is -2.57. The highest BCUT2D eigenvalue weighted by molar-refractivity contribution is 5.94. The molecular formula is C28H36N4O3. The van der Waals surface area contributed by atoms with Crippen molar-refractivity contribution in [3.8, 4) is 0 Å². The number of piperazine rings is 1. The maximum absolute atomic E-state index is 13.4. The number of nitrogens with zero attached hydrogens (tertiary/aromatic N) is 3. The number of hydrogen-bond acceptors (Lipinski definition) is 5. The first kappa shape index (κ1) is 25.1. The molecule has 0 aliphatic carbocycles. The fourth-order valence-electron chi connectivity index (χ4n) is 5.17. The van der Waals surface area contributed by atoms with E-state index in [1.54, 1.807) is 11.6 Å². The van der Waals surface area contributed by atoms with Crippen LogP contribution in [-0.4, -0.2) is 70.0 Å². The standard InChI is InChI=1S/C28H36N4O3/c1-21-17-31(28(34)26-7-5-6-25(16-26)19-30-14-3-4-15-30)18-22(2)32(21)20-24-10-8-23(9-11-24)12-13-27(33)29-35/h5-13,16,21-22,35H,3-4,14-15,17-20H2,1-2H3,(H,29,33)/b13-12+/t21-,22+. The molecule has 0 aromatic heterocycles. The summed E-state index contributed by atoms with van der Waals surface area (Å²) in [6.07, 6.45) is 5.48. The zero-order valence-electron chi connectivity index (χ0n) is 20.7. The van der Waals surface area contributed by atoms with E-state index in [2.05, 4.69) is 47.9 Å². The molecule has 2 heterocycles. The summed E-state index contributed by atoms with van der Waals surface area (Å²) < 4.78 is 0. The lowest BCUT2D eigenvalue weighted by Gasteiger charge is -2.44. The fourth-order valence-corrected chi connectivity index (χ4v) is 5.17. The number of benzene rings is 2. The molecule has 0 saturated carbocycles. The molecule has 0 unspecified atom stereocenters. The van der Waals surface area contributed by atoms with Crippen molar-refractivity contribution in [3.05, 3.63) is 76.9 Å². The summed E-state index contributed by atoms with van der Waals surface area (Å²) in [5.41, 5.74) is 5.66. The molecule has 4 rings (SSSR count). The molecule has 2 aliphatic rings. The van der Waals surface area contributed by atoms with Crippen LogP contribution in [-0.2, 0) is 17.9 Å². The molecule has 2 aliphatic heterocycles. The van der Waals surface area contributed by atoms with Crippen LogP contribution >= 0.6 is 0 Å². The van der Waals surface area contributed by atoms with E-state index < -0.39 is 5.91 Å². The van der Waals surface area contributed by atoms with Crippen LogP contribution in [0.15, 0.2) is 54.6 Å². The van der Waals surface area contributed by atoms with Gasteiger partial charge < -0.3 is 4.90 Å². The number of rotatable bonds is 7. The highest BCUT2D eigenvalue weighted by Crippen LogP contribution is 2.22. The topological polar surface area (TPSA) is 76.1 Å². The number of carbonyl (C=O) groups is 2. The number of carbonyl (C=O) groups excluding carboxylic acids is 2. The molecule has 2 saturated heterocycles. The van der Waals surface area contributed by atoms with Crippen molar-refractivity contribution in [2.45, 2.75) is 51.9 Å². The van der Waals surface area contributed by atoms with E-state index in [-0.39, 0.29) is 18.0 Å². The van der Waals surface area contributed by atoms with Crippen LogP contribution in [0.25, 0.3) is 6.08 Å². The summed E-state index contributed by atoms with van der Waals surface area (Å²) in [6, 6.07) is 16.7. The van der Waals surface area contributed by atoms with Crippen molar-refractivity contribution >= 4 is 17.9 Å². The minimum atomic E-state index is -0.553. The van der Waals surface area contributed by atoms with Crippen molar-refractivity contribution in [3.63, 3.8) is 0 Å². The number of hydrogen-bond donors (Lipinski definition) is 2. The summed E-state index contributed by atoms with van der Waals surface area (Å²) >= 11 is 0. The van der Waals surface area contributed by atoms with Crippen LogP contribution in [0.3, 0.4) is 0 Å². The summed E-state index contributed by atoms with van der Waals surface area (Å²) in [5.74, 6) is -0.433. The molecule has 2 fully saturated rings. The Morgan fingerprint density at radius 1 is 0.971 bits per heavy atom. The first-order valence-corrected chi connectivity index (χ1v) is 12.5. The number of likely N-dealkylation sites (tertiary alicyclic amines) is 1. The van der Waals surface area contributed by atoms with Gasteiger partial charge in [0.15, 0.2) is 0 Å². The van der Waals surface area contributed by atoms with Crippen molar-refractivity contribution in [2.75, 3.05) is 26.2 Å². The normalized spacial score (nSPS) is 21.5. The van der Waals surface area contributed by atoms with Gasteiger partial charge in [-0.3, -0.25) is 24.6 Å². The van der Waals surface area contributed by atoms with E-state index in [9.17, 15) is 9.59 Å². The predicted octanol–water partition coefficient (Wildman–Crippen LogP) is 3.54. The summed E-state index contributed by atoms with van der Waals surface area (Å²) in [4.78, 5) is 31.4. The van der Waals surface area contributed by atoms with E-state index in [1.807, 2.05) is 29.2 Å². The summed E-state index contributed by atoms with van der Waals surface area (Å²) in [7, 11) is 0. The van der Waals surface area contributed by atoms with Crippen LogP contribution in [0, 0.1) is 0 Å². The Morgan fingerprint density at radius 2 is 1.66 bits per heavy atom. The molecule has 0 bridgehead atoms. The lowest BCUT2D eigenvalue weighted by atomic mass is 10.0. The Kier molecular flexibility index (Phi) is 8.33. The molecule has 0 radical (unpaired) electrons. The Bertz CT molecular complexity index is 1030. The molecular weight excluding hydrogens is 440 g/mol. The molecule has 7 heteroatoms. The minimum Gasteiger partial charge on any atom is -0.336 e. The van der Waals surface area contributed by atoms with E-state index in [1.165, 1.54) is 30.0 Å². The zero-order chi connectivity index (χ0) is 24.8. The van der Waals surface area contributed by atoms with Crippen LogP contribution in [0.2, 0.25) is 0 Å². The maximum Gasteiger partial charge on any atom is 0.267 e. The van der Waals surface area contributed by atoms with E-state index in [0.717, 1.165) is 37.3 Å². The Balaban J connectivity index is 1.35. The maximum atomic E-state index is 13.4. The van der Waals surface area contributed by atoms with Gasteiger partial charge in [0.1, 0.15) is 0 Å². The second kappa shape index (κ2) is 11.6. The largest absolute Gasteiger partial charge is 0.336 e. The van der Waals surface area contributed by atoms with Gasteiger partial charge in [0, 0.05) is 49.9 Å². The third kappa shape index (κ3) is 6.57. The first-order chi connectivity index (χ1) is 16.9. The van der Waals surface area contributed by atoms with Gasteiger partial charge in [-0.25, -0.2) is 5.48 Å². The van der Waals surface area contributed by atoms with E-state index >= 15 is 0 Å². The molecule has 7 nitrogen and oxygen atoms in total. The van der Waals surface area contributed by atoms with Crippen LogP contribution in [0.5, 0.6) is 0 Å². The third-order valence-electron chi connectivity index (χ3n) is 7.05. The second-order valence-corrected chi connectivity index (χ2v) is 9.82. The highest BCUT2D eigenvalue weighted by atomic mass is 16.5. The smallest absolute Gasteiger partial charge is 0.267 e. The fraction of sp³-hybridized carbons (Fsp3) is 0.429. The van der Waals surface area contributed by atoms with Crippen molar-refractivity contribution in [1.29, 1.82) is 0 Å². The van der Waals surface area contributed by atoms with Gasteiger partial charge in [-0.2, -0.15) is 0 Å². The van der Waals surface area contributed by atoms with Gasteiger partial charge in [0.05, 0.1) is 0 Å². The molecule has 0 spiro atoms. The van der Waals surface area contributed by atoms with Gasteiger partial charge in [0.25, 0.3) is 11.8 Å². The summed E-state index contributed by atoms with van der Waals surface area (Å²) in [6.45, 7) is 9.80. The average Bonchev–Trinajstić information content (AvgIpc) is 3.38. The Hall–Kier alpha value is -3.00. The molecule has 186 valence electrons. The highest BCUT2D eigenvalue weighted by Gasteiger charge is 2.32. The summed E-state index contributed by atoms with van der Waals surface area (Å²) in [5, 5.41) is 8.59. The second-order valence-electron chi connectivity index (χ2n) is 9.82. The minimum absolute atomic E-state index is 0.120. The van der Waals surface area contributed by atoms with Gasteiger partial charge >= 0.3 is 0 Å². The Morgan fingerprint density at radius 3 is 2.31 bits per heavy atom. The van der Waals surface area contributed by atoms with Crippen molar-refractivity contribution in [2.24, 2.45) is 0 Å². The van der Waals surface area contributed by atoms with E-state index in [0.29, 0.717) is 13.1 Å². The molecule has 2 atom stereocenters. The molecule has 2 aromatic carbocycles. The lowest BCUT2D eigenvalue weighted by molar-refractivity contribution is -0.124. The van der Waals surface area contributed by atoms with E-state index in [4.69, 9.17) is 5.21 Å². The molecule has 2 aromatic rings. The molecule has 2 amide bonds. The van der Waals surface area contributed by atoms with Gasteiger partial charge in [-0.15, -0.1) is 0 Å². The van der Waals surface area contributed by atoms with Crippen LogP contribution in [0.4, 0.5) is 0 Å². The SMILES string of the molecule is C[C@@H]1CN(C(=O)c2cccc(CN3CCCC3)c2)C[C@H](C)N1Cc1ccc(/C=C/C(=O)NO)cc1. The van der Waals surface area contributed by atoms with Crippen molar-refractivity contribution < 1.29 is 14.8 Å². The van der Waals surface area contributed by atoms with Crippen molar-refractivity contribution in [1.82, 2.24) is 20.2 Å². The third-order valence-corrected chi connectivity index (χ3v) is 7.05. The van der Waals surface area contributed by atoms with Gasteiger partial charge in [0.2, 0.25) is 0 Å². The predicted molar refractivity (Wildman–Crippen MR) is 137 cm³/mol. The first-order valence-electron chi connectivity index (χ1n) is 12.5. The quantitative estimate of drug-likeness (QED) is 0.363. The monoisotopic (exact) mass is 476 g/mol.